The molecule has 0 spiro atoms. The summed E-state index contributed by atoms with van der Waals surface area (Å²) >= 11 is 7.09. The van der Waals surface area contributed by atoms with Crippen molar-refractivity contribution in [1.82, 2.24) is 9.97 Å². The van der Waals surface area contributed by atoms with Gasteiger partial charge >= 0.3 is 6.18 Å². The smallest absolute Gasteiger partial charge is 0.333 e. The molecule has 0 saturated carbocycles. The summed E-state index contributed by atoms with van der Waals surface area (Å²) in [6, 6.07) is 8.55. The normalized spacial score (nSPS) is 13.0. The van der Waals surface area contributed by atoms with Crippen molar-refractivity contribution >= 4 is 46.0 Å². The van der Waals surface area contributed by atoms with E-state index in [-0.39, 0.29) is 10.7 Å². The van der Waals surface area contributed by atoms with Crippen LogP contribution in [0.1, 0.15) is 18.1 Å². The number of benzene rings is 2. The lowest BCUT2D eigenvalue weighted by molar-refractivity contribution is -0.137. The quantitative estimate of drug-likeness (QED) is 0.542. The fourth-order valence-corrected chi connectivity index (χ4v) is 3.39. The van der Waals surface area contributed by atoms with Crippen molar-refractivity contribution in [1.29, 1.82) is 0 Å². The molecule has 0 bridgehead atoms. The lowest BCUT2D eigenvalue weighted by atomic mass is 10.2. The molecule has 142 valence electrons. The topological polar surface area (TPSA) is 57.8 Å². The van der Waals surface area contributed by atoms with E-state index in [9.17, 15) is 18.0 Å². The van der Waals surface area contributed by atoms with E-state index in [1.165, 1.54) is 11.8 Å². The highest BCUT2D eigenvalue weighted by molar-refractivity contribution is 8.00. The third kappa shape index (κ3) is 4.56. The zero-order valence-electron chi connectivity index (χ0n) is 14.3. The second kappa shape index (κ2) is 7.44. The Morgan fingerprint density at radius 1 is 1.26 bits per heavy atom. The summed E-state index contributed by atoms with van der Waals surface area (Å²) in [6.07, 6.45) is -4.52. The Morgan fingerprint density at radius 3 is 2.70 bits per heavy atom. The zero-order valence-corrected chi connectivity index (χ0v) is 15.9. The Balaban J connectivity index is 1.73. The number of thioether (sulfide) groups is 1. The van der Waals surface area contributed by atoms with Crippen LogP contribution in [0, 0.1) is 6.92 Å². The molecule has 0 radical (unpaired) electrons. The summed E-state index contributed by atoms with van der Waals surface area (Å²) in [4.78, 5) is 19.9. The number of H-pyrrole nitrogens is 1. The Kier molecular flexibility index (Phi) is 5.39. The van der Waals surface area contributed by atoms with E-state index in [4.69, 9.17) is 11.6 Å². The number of nitrogens with one attached hydrogen (secondary N) is 2. The number of aromatic amines is 1. The molecule has 1 atom stereocenters. The third-order valence-electron chi connectivity index (χ3n) is 3.82. The molecule has 0 aliphatic rings. The highest BCUT2D eigenvalue weighted by atomic mass is 35.5. The van der Waals surface area contributed by atoms with Gasteiger partial charge in [0, 0.05) is 0 Å². The second-order valence-corrected chi connectivity index (χ2v) is 7.74. The Hall–Kier alpha value is -2.19. The van der Waals surface area contributed by atoms with Gasteiger partial charge in [0.15, 0.2) is 5.16 Å². The summed E-state index contributed by atoms with van der Waals surface area (Å²) in [5.74, 6) is -0.474. The van der Waals surface area contributed by atoms with Crippen molar-refractivity contribution in [3.05, 3.63) is 52.5 Å². The molecule has 1 heterocycles. The van der Waals surface area contributed by atoms with Crippen molar-refractivity contribution in [3.8, 4) is 0 Å². The second-order valence-electron chi connectivity index (χ2n) is 6.00. The van der Waals surface area contributed by atoms with Crippen molar-refractivity contribution < 1.29 is 18.0 Å². The Labute approximate surface area is 162 Å². The predicted molar refractivity (Wildman–Crippen MR) is 101 cm³/mol. The minimum absolute atomic E-state index is 0.0350. The molecule has 1 unspecified atom stereocenters. The molecule has 1 amide bonds. The third-order valence-corrected chi connectivity index (χ3v) is 5.14. The number of anilines is 1. The van der Waals surface area contributed by atoms with E-state index in [1.807, 2.05) is 25.1 Å². The molecule has 3 aromatic rings. The number of aryl methyl sites for hydroxylation is 1. The molecule has 9 heteroatoms. The van der Waals surface area contributed by atoms with E-state index in [1.54, 1.807) is 6.92 Å². The average Bonchev–Trinajstić information content (AvgIpc) is 2.96. The number of fused-ring (bicyclic) bond motifs is 1. The van der Waals surface area contributed by atoms with Crippen LogP contribution in [0.5, 0.6) is 0 Å². The standard InChI is InChI=1S/C18H15ClF3N3OS/c1-9-3-6-13-15(7-9)25-17(24-13)27-10(2)16(26)23-14-8-11(18(20,21)22)4-5-12(14)19/h3-8,10H,1-2H3,(H,23,26)(H,24,25). The van der Waals surface area contributed by atoms with Gasteiger partial charge in [0.05, 0.1) is 32.6 Å². The van der Waals surface area contributed by atoms with Crippen LogP contribution in [0.15, 0.2) is 41.6 Å². The van der Waals surface area contributed by atoms with Gasteiger partial charge in [0.25, 0.3) is 0 Å². The van der Waals surface area contributed by atoms with Gasteiger partial charge in [0.1, 0.15) is 0 Å². The molecule has 2 N–H and O–H groups in total. The van der Waals surface area contributed by atoms with Crippen LogP contribution in [0.2, 0.25) is 5.02 Å². The number of hydrogen-bond acceptors (Lipinski definition) is 3. The number of rotatable bonds is 4. The van der Waals surface area contributed by atoms with Gasteiger partial charge in [-0.2, -0.15) is 13.2 Å². The number of carbonyl (C=O) groups is 1. The van der Waals surface area contributed by atoms with Crippen LogP contribution in [0.4, 0.5) is 18.9 Å². The maximum atomic E-state index is 12.8. The van der Waals surface area contributed by atoms with E-state index in [0.29, 0.717) is 5.16 Å². The van der Waals surface area contributed by atoms with E-state index >= 15 is 0 Å². The van der Waals surface area contributed by atoms with Gasteiger partial charge in [0.2, 0.25) is 5.91 Å². The van der Waals surface area contributed by atoms with Gasteiger partial charge < -0.3 is 10.3 Å². The summed E-state index contributed by atoms with van der Waals surface area (Å²) in [5.41, 5.74) is 1.75. The molecule has 2 aromatic carbocycles. The maximum Gasteiger partial charge on any atom is 0.416 e. The fourth-order valence-electron chi connectivity index (χ4n) is 2.41. The van der Waals surface area contributed by atoms with Crippen LogP contribution in [0.3, 0.4) is 0 Å². The lowest BCUT2D eigenvalue weighted by Gasteiger charge is -2.14. The first-order chi connectivity index (χ1) is 12.6. The number of nitrogens with zero attached hydrogens (tertiary/aromatic N) is 1. The molecular formula is C18H15ClF3N3OS. The Morgan fingerprint density at radius 2 is 2.00 bits per heavy atom. The number of hydrogen-bond donors (Lipinski definition) is 2. The van der Waals surface area contributed by atoms with E-state index in [0.717, 1.165) is 34.8 Å². The summed E-state index contributed by atoms with van der Waals surface area (Å²) in [6.45, 7) is 3.60. The Bertz CT molecular complexity index is 1000. The summed E-state index contributed by atoms with van der Waals surface area (Å²) < 4.78 is 38.5. The van der Waals surface area contributed by atoms with Crippen molar-refractivity contribution in [3.63, 3.8) is 0 Å². The van der Waals surface area contributed by atoms with Gasteiger partial charge in [-0.1, -0.05) is 29.4 Å². The fraction of sp³-hybridized carbons (Fsp3) is 0.222. The van der Waals surface area contributed by atoms with Crippen LogP contribution in [0.25, 0.3) is 11.0 Å². The van der Waals surface area contributed by atoms with Crippen molar-refractivity contribution in [2.24, 2.45) is 0 Å². The number of carbonyl (C=O) groups excluding carboxylic acids is 1. The number of amides is 1. The van der Waals surface area contributed by atoms with Crippen molar-refractivity contribution in [2.45, 2.75) is 30.4 Å². The molecule has 0 aliphatic heterocycles. The molecule has 0 aliphatic carbocycles. The van der Waals surface area contributed by atoms with Crippen LogP contribution in [-0.2, 0) is 11.0 Å². The molecular weight excluding hydrogens is 399 g/mol. The average molecular weight is 414 g/mol. The SMILES string of the molecule is Cc1ccc2nc(SC(C)C(=O)Nc3cc(C(F)(F)F)ccc3Cl)[nH]c2c1. The summed E-state index contributed by atoms with van der Waals surface area (Å²) in [7, 11) is 0. The monoisotopic (exact) mass is 413 g/mol. The number of alkyl halides is 3. The van der Waals surface area contributed by atoms with Gasteiger partial charge in [-0.15, -0.1) is 0 Å². The number of aromatic nitrogens is 2. The molecule has 0 saturated heterocycles. The highest BCUT2D eigenvalue weighted by Crippen LogP contribution is 2.34. The molecule has 1 aromatic heterocycles. The van der Waals surface area contributed by atoms with Crippen LogP contribution in [-0.4, -0.2) is 21.1 Å². The molecule has 27 heavy (non-hydrogen) atoms. The maximum absolute atomic E-state index is 12.8. The molecule has 0 fully saturated rings. The van der Waals surface area contributed by atoms with Gasteiger partial charge in [-0.05, 0) is 49.7 Å². The van der Waals surface area contributed by atoms with E-state index in [2.05, 4.69) is 15.3 Å². The number of imidazole rings is 1. The minimum atomic E-state index is -4.52. The van der Waals surface area contributed by atoms with Gasteiger partial charge in [-0.3, -0.25) is 4.79 Å². The molecule has 3 rings (SSSR count). The van der Waals surface area contributed by atoms with Crippen molar-refractivity contribution in [2.75, 3.05) is 5.32 Å². The first-order valence-electron chi connectivity index (χ1n) is 7.94. The van der Waals surface area contributed by atoms with E-state index < -0.39 is 22.9 Å². The zero-order chi connectivity index (χ0) is 19.8. The molecule has 4 nitrogen and oxygen atoms in total. The largest absolute Gasteiger partial charge is 0.416 e. The first-order valence-corrected chi connectivity index (χ1v) is 9.20. The van der Waals surface area contributed by atoms with Crippen LogP contribution >= 0.6 is 23.4 Å². The van der Waals surface area contributed by atoms with Crippen LogP contribution < -0.4 is 5.32 Å². The minimum Gasteiger partial charge on any atom is -0.333 e. The summed E-state index contributed by atoms with van der Waals surface area (Å²) in [5, 5.41) is 2.44. The number of halogens is 4. The first kappa shape index (κ1) is 19.6. The predicted octanol–water partition coefficient (Wildman–Crippen LogP) is 5.66. The highest BCUT2D eigenvalue weighted by Gasteiger charge is 2.31. The van der Waals surface area contributed by atoms with Gasteiger partial charge in [-0.25, -0.2) is 4.98 Å². The lowest BCUT2D eigenvalue weighted by Crippen LogP contribution is -2.23.